The first kappa shape index (κ1) is 14.8. The lowest BCUT2D eigenvalue weighted by molar-refractivity contribution is 0.0526. The lowest BCUT2D eigenvalue weighted by atomic mass is 10.2. The van der Waals surface area contributed by atoms with Gasteiger partial charge in [0.15, 0.2) is 0 Å². The van der Waals surface area contributed by atoms with E-state index in [1.807, 2.05) is 4.90 Å². The van der Waals surface area contributed by atoms with E-state index in [2.05, 4.69) is 0 Å². The number of hydrogen-bond donors (Lipinski definition) is 0. The Morgan fingerprint density at radius 3 is 3.05 bits per heavy atom. The lowest BCUT2D eigenvalue weighted by Gasteiger charge is -2.15. The molecule has 1 heterocycles. The molecular weight excluding hydrogens is 261 g/mol. The third kappa shape index (κ3) is 4.20. The van der Waals surface area contributed by atoms with Gasteiger partial charge >= 0.3 is 5.97 Å². The van der Waals surface area contributed by atoms with E-state index in [1.165, 1.54) is 0 Å². The van der Waals surface area contributed by atoms with E-state index in [1.54, 1.807) is 31.2 Å². The number of nitrogens with zero attached hydrogens (tertiary/aromatic N) is 1. The van der Waals surface area contributed by atoms with Gasteiger partial charge in [-0.2, -0.15) is 0 Å². The maximum Gasteiger partial charge on any atom is 0.338 e. The SMILES string of the molecule is CCOC(=O)c1cccc(OCCN2CCC(F)C2)c1. The molecule has 0 N–H and O–H groups in total. The molecule has 0 aromatic heterocycles. The van der Waals surface area contributed by atoms with Crippen molar-refractivity contribution in [2.24, 2.45) is 0 Å². The second kappa shape index (κ2) is 7.24. The first-order valence-electron chi connectivity index (χ1n) is 6.95. The summed E-state index contributed by atoms with van der Waals surface area (Å²) in [4.78, 5) is 13.6. The molecule has 0 amide bonds. The van der Waals surface area contributed by atoms with E-state index in [-0.39, 0.29) is 5.97 Å². The molecule has 0 spiro atoms. The van der Waals surface area contributed by atoms with E-state index in [4.69, 9.17) is 9.47 Å². The van der Waals surface area contributed by atoms with E-state index in [0.717, 1.165) is 6.54 Å². The van der Waals surface area contributed by atoms with Crippen LogP contribution in [0, 0.1) is 0 Å². The number of benzene rings is 1. The summed E-state index contributed by atoms with van der Waals surface area (Å²) in [6.07, 6.45) is -0.0969. The second-order valence-electron chi connectivity index (χ2n) is 4.78. The smallest absolute Gasteiger partial charge is 0.338 e. The van der Waals surface area contributed by atoms with E-state index >= 15 is 0 Å². The summed E-state index contributed by atoms with van der Waals surface area (Å²) >= 11 is 0. The number of rotatable bonds is 6. The normalized spacial score (nSPS) is 19.0. The quantitative estimate of drug-likeness (QED) is 0.750. The van der Waals surface area contributed by atoms with Crippen LogP contribution in [-0.4, -0.2) is 49.9 Å². The van der Waals surface area contributed by atoms with E-state index < -0.39 is 6.17 Å². The average Bonchev–Trinajstić information content (AvgIpc) is 2.85. The number of hydrogen-bond acceptors (Lipinski definition) is 4. The Hall–Kier alpha value is -1.62. The molecule has 2 rings (SSSR count). The number of ether oxygens (including phenoxy) is 2. The van der Waals surface area contributed by atoms with Crippen molar-refractivity contribution in [3.63, 3.8) is 0 Å². The third-order valence-electron chi connectivity index (χ3n) is 3.24. The molecule has 20 heavy (non-hydrogen) atoms. The zero-order valence-electron chi connectivity index (χ0n) is 11.7. The van der Waals surface area contributed by atoms with Gasteiger partial charge in [-0.3, -0.25) is 4.90 Å². The molecule has 5 heteroatoms. The van der Waals surface area contributed by atoms with Gasteiger partial charge in [-0.15, -0.1) is 0 Å². The van der Waals surface area contributed by atoms with Crippen LogP contribution in [0.3, 0.4) is 0 Å². The van der Waals surface area contributed by atoms with Crippen LogP contribution in [0.4, 0.5) is 4.39 Å². The maximum absolute atomic E-state index is 13.0. The van der Waals surface area contributed by atoms with Crippen LogP contribution in [0.15, 0.2) is 24.3 Å². The lowest BCUT2D eigenvalue weighted by Crippen LogP contribution is -2.26. The molecule has 0 bridgehead atoms. The molecule has 0 aliphatic carbocycles. The molecule has 1 fully saturated rings. The number of halogens is 1. The Morgan fingerprint density at radius 1 is 1.50 bits per heavy atom. The minimum atomic E-state index is -0.706. The topological polar surface area (TPSA) is 38.8 Å². The van der Waals surface area contributed by atoms with Gasteiger partial charge in [-0.25, -0.2) is 9.18 Å². The molecular formula is C15H20FNO3. The fourth-order valence-electron chi connectivity index (χ4n) is 2.21. The van der Waals surface area contributed by atoms with Crippen LogP contribution in [0.1, 0.15) is 23.7 Å². The minimum Gasteiger partial charge on any atom is -0.492 e. The van der Waals surface area contributed by atoms with Crippen molar-refractivity contribution in [1.29, 1.82) is 0 Å². The first-order valence-corrected chi connectivity index (χ1v) is 6.95. The molecule has 1 aliphatic heterocycles. The highest BCUT2D eigenvalue weighted by atomic mass is 19.1. The summed E-state index contributed by atoms with van der Waals surface area (Å²) in [5.74, 6) is 0.282. The predicted octanol–water partition coefficient (Wildman–Crippen LogP) is 2.29. The number of likely N-dealkylation sites (tertiary alicyclic amines) is 1. The van der Waals surface area contributed by atoms with Crippen molar-refractivity contribution >= 4 is 5.97 Å². The standard InChI is InChI=1S/C15H20FNO3/c1-2-19-15(18)12-4-3-5-14(10-12)20-9-8-17-7-6-13(16)11-17/h3-5,10,13H,2,6-9,11H2,1H3. The largest absolute Gasteiger partial charge is 0.492 e. The Kier molecular flexibility index (Phi) is 5.35. The van der Waals surface area contributed by atoms with Crippen LogP contribution in [0.5, 0.6) is 5.75 Å². The number of alkyl halides is 1. The summed E-state index contributed by atoms with van der Waals surface area (Å²) in [5, 5.41) is 0. The number of carbonyl (C=O) groups excluding carboxylic acids is 1. The molecule has 1 saturated heterocycles. The minimum absolute atomic E-state index is 0.349. The molecule has 1 aliphatic rings. The molecule has 1 unspecified atom stereocenters. The maximum atomic E-state index is 13.0. The predicted molar refractivity (Wildman–Crippen MR) is 73.8 cm³/mol. The van der Waals surface area contributed by atoms with Crippen LogP contribution < -0.4 is 4.74 Å². The zero-order valence-corrected chi connectivity index (χ0v) is 11.7. The summed E-state index contributed by atoms with van der Waals surface area (Å²) < 4.78 is 23.5. The van der Waals surface area contributed by atoms with Crippen LogP contribution in [0.2, 0.25) is 0 Å². The Labute approximate surface area is 118 Å². The molecule has 1 atom stereocenters. The fraction of sp³-hybridized carbons (Fsp3) is 0.533. The van der Waals surface area contributed by atoms with Gasteiger partial charge < -0.3 is 9.47 Å². The van der Waals surface area contributed by atoms with Crippen LogP contribution in [0.25, 0.3) is 0 Å². The van der Waals surface area contributed by atoms with Crippen LogP contribution >= 0.6 is 0 Å². The molecule has 1 aromatic carbocycles. The van der Waals surface area contributed by atoms with E-state index in [9.17, 15) is 9.18 Å². The van der Waals surface area contributed by atoms with Crippen molar-refractivity contribution < 1.29 is 18.7 Å². The Balaban J connectivity index is 1.80. The van der Waals surface area contributed by atoms with Crippen molar-refractivity contribution in [3.8, 4) is 5.75 Å². The number of carbonyl (C=O) groups is 1. The van der Waals surface area contributed by atoms with Gasteiger partial charge in [-0.05, 0) is 31.5 Å². The summed E-state index contributed by atoms with van der Waals surface area (Å²) in [7, 11) is 0. The Morgan fingerprint density at radius 2 is 2.35 bits per heavy atom. The number of esters is 1. The summed E-state index contributed by atoms with van der Waals surface area (Å²) in [5.41, 5.74) is 0.481. The third-order valence-corrected chi connectivity index (χ3v) is 3.24. The van der Waals surface area contributed by atoms with Gasteiger partial charge in [-0.1, -0.05) is 6.07 Å². The molecule has 4 nitrogen and oxygen atoms in total. The molecule has 110 valence electrons. The monoisotopic (exact) mass is 281 g/mol. The van der Waals surface area contributed by atoms with Crippen molar-refractivity contribution in [1.82, 2.24) is 4.90 Å². The highest BCUT2D eigenvalue weighted by molar-refractivity contribution is 5.89. The van der Waals surface area contributed by atoms with Gasteiger partial charge in [0.1, 0.15) is 18.5 Å². The highest BCUT2D eigenvalue weighted by Gasteiger charge is 2.21. The van der Waals surface area contributed by atoms with Crippen molar-refractivity contribution in [2.75, 3.05) is 32.8 Å². The second-order valence-corrected chi connectivity index (χ2v) is 4.78. The van der Waals surface area contributed by atoms with Gasteiger partial charge in [0.05, 0.1) is 12.2 Å². The van der Waals surface area contributed by atoms with Gasteiger partial charge in [0.2, 0.25) is 0 Å². The highest BCUT2D eigenvalue weighted by Crippen LogP contribution is 2.15. The summed E-state index contributed by atoms with van der Waals surface area (Å²) in [6, 6.07) is 6.92. The van der Waals surface area contributed by atoms with Gasteiger partial charge in [0, 0.05) is 19.6 Å². The molecule has 0 radical (unpaired) electrons. The zero-order chi connectivity index (χ0) is 14.4. The fourth-order valence-corrected chi connectivity index (χ4v) is 2.21. The van der Waals surface area contributed by atoms with Crippen molar-refractivity contribution in [2.45, 2.75) is 19.5 Å². The Bertz CT molecular complexity index is 452. The molecule has 0 saturated carbocycles. The molecule has 1 aromatic rings. The van der Waals surface area contributed by atoms with Crippen molar-refractivity contribution in [3.05, 3.63) is 29.8 Å². The summed E-state index contributed by atoms with van der Waals surface area (Å²) in [6.45, 7) is 4.58. The van der Waals surface area contributed by atoms with Gasteiger partial charge in [0.25, 0.3) is 0 Å². The van der Waals surface area contributed by atoms with Crippen LogP contribution in [-0.2, 0) is 4.74 Å². The average molecular weight is 281 g/mol. The first-order chi connectivity index (χ1) is 9.69. The van der Waals surface area contributed by atoms with E-state index in [0.29, 0.717) is 44.0 Å².